The van der Waals surface area contributed by atoms with Crippen molar-refractivity contribution in [1.29, 1.82) is 0 Å². The smallest absolute Gasteiger partial charge is 0.305 e. The van der Waals surface area contributed by atoms with Gasteiger partial charge < -0.3 is 28.7 Å². The van der Waals surface area contributed by atoms with Crippen LogP contribution in [0.2, 0.25) is 0 Å². The lowest BCUT2D eigenvalue weighted by Crippen LogP contribution is -3.00. The van der Waals surface area contributed by atoms with E-state index in [0.717, 1.165) is 6.42 Å². The first-order chi connectivity index (χ1) is 5.74. The van der Waals surface area contributed by atoms with Crippen molar-refractivity contribution in [3.05, 3.63) is 0 Å². The molecular formula is C9H20IO2P. The summed E-state index contributed by atoms with van der Waals surface area (Å²) in [5.41, 5.74) is 0. The second kappa shape index (κ2) is 10.7. The van der Waals surface area contributed by atoms with Crippen LogP contribution in [0, 0.1) is 0 Å². The molecule has 0 heterocycles. The fraction of sp³-hybridized carbons (Fsp3) is 0.889. The number of hydrogen-bond donors (Lipinski definition) is 0. The zero-order chi connectivity index (χ0) is 9.40. The maximum absolute atomic E-state index is 10.8. The van der Waals surface area contributed by atoms with E-state index in [-0.39, 0.29) is 37.9 Å². The van der Waals surface area contributed by atoms with Gasteiger partial charge in [-0.05, 0) is 20.3 Å². The molecule has 0 atom stereocenters. The lowest BCUT2D eigenvalue weighted by Gasteiger charge is -2.04. The van der Waals surface area contributed by atoms with E-state index < -0.39 is 0 Å². The molecule has 0 aliphatic rings. The van der Waals surface area contributed by atoms with Crippen LogP contribution in [-0.2, 0) is 9.53 Å². The minimum absolute atomic E-state index is 0. The largest absolute Gasteiger partial charge is 1.00 e. The molecule has 0 aliphatic carbocycles. The first kappa shape index (κ1) is 16.1. The quantitative estimate of drug-likeness (QED) is 0.364. The molecule has 0 rings (SSSR count). The van der Waals surface area contributed by atoms with E-state index in [0.29, 0.717) is 6.42 Å². The minimum Gasteiger partial charge on any atom is -1.00 e. The number of ether oxygens (including phenoxy) is 1. The number of methoxy groups -OCH3 is 1. The van der Waals surface area contributed by atoms with Gasteiger partial charge in [-0.3, -0.25) is 4.79 Å². The van der Waals surface area contributed by atoms with Crippen molar-refractivity contribution in [2.45, 2.75) is 26.7 Å². The average molecular weight is 318 g/mol. The average Bonchev–Trinajstić information content (AvgIpc) is 2.12. The summed E-state index contributed by atoms with van der Waals surface area (Å²) in [6.45, 7) is 4.49. The third kappa shape index (κ3) is 8.95. The lowest BCUT2D eigenvalue weighted by atomic mass is 10.3. The molecule has 0 radical (unpaired) electrons. The van der Waals surface area contributed by atoms with Gasteiger partial charge in [-0.2, -0.15) is 0 Å². The Labute approximate surface area is 99.6 Å². The van der Waals surface area contributed by atoms with Crippen molar-refractivity contribution >= 4 is 13.9 Å². The van der Waals surface area contributed by atoms with Crippen LogP contribution in [0.5, 0.6) is 0 Å². The van der Waals surface area contributed by atoms with Crippen LogP contribution >= 0.6 is 7.92 Å². The summed E-state index contributed by atoms with van der Waals surface area (Å²) in [5.74, 6) is -0.0662. The standard InChI is InChI=1S/C9H19O2P.HI/c1-4-12(5-2)8-6-7-9(10)11-3;/h4-8H2,1-3H3;1H. The minimum atomic E-state index is -0.135. The number of carbonyl (C=O) groups is 1. The normalized spacial score (nSPS) is 9.54. The second-order valence-corrected chi connectivity index (χ2v) is 6.30. The van der Waals surface area contributed by atoms with Crippen LogP contribution in [0.4, 0.5) is 0 Å². The van der Waals surface area contributed by atoms with Gasteiger partial charge in [0.15, 0.2) is 0 Å². The van der Waals surface area contributed by atoms with Crippen LogP contribution in [-0.4, -0.2) is 31.6 Å². The third-order valence-corrected chi connectivity index (χ3v) is 5.20. The van der Waals surface area contributed by atoms with Crippen molar-refractivity contribution in [2.24, 2.45) is 0 Å². The van der Waals surface area contributed by atoms with Crippen molar-refractivity contribution < 1.29 is 33.5 Å². The maximum atomic E-state index is 10.8. The Morgan fingerprint density at radius 2 is 1.85 bits per heavy atom. The highest BCUT2D eigenvalue weighted by molar-refractivity contribution is 7.57. The summed E-state index contributed by atoms with van der Waals surface area (Å²) in [6.07, 6.45) is 5.52. The van der Waals surface area contributed by atoms with E-state index in [9.17, 15) is 4.79 Å². The van der Waals surface area contributed by atoms with E-state index >= 15 is 0 Å². The molecule has 0 aliphatic heterocycles. The Kier molecular flexibility index (Phi) is 13.2. The van der Waals surface area contributed by atoms with Crippen molar-refractivity contribution in [1.82, 2.24) is 0 Å². The van der Waals surface area contributed by atoms with Gasteiger partial charge in [0.1, 0.15) is 0 Å². The molecule has 13 heavy (non-hydrogen) atoms. The molecule has 0 spiro atoms. The van der Waals surface area contributed by atoms with Gasteiger partial charge in [0.05, 0.1) is 25.6 Å². The monoisotopic (exact) mass is 318 g/mol. The molecule has 80 valence electrons. The van der Waals surface area contributed by atoms with E-state index in [1.807, 2.05) is 0 Å². The Balaban J connectivity index is 0. The molecule has 0 saturated heterocycles. The Hall–Kier alpha value is 0.630. The summed E-state index contributed by atoms with van der Waals surface area (Å²) < 4.78 is 4.57. The Bertz CT molecular complexity index is 127. The van der Waals surface area contributed by atoms with E-state index in [4.69, 9.17) is 0 Å². The summed E-state index contributed by atoms with van der Waals surface area (Å²) in [6, 6.07) is 0. The number of carbonyl (C=O) groups excluding carboxylic acids is 1. The highest BCUT2D eigenvalue weighted by Gasteiger charge is 2.10. The topological polar surface area (TPSA) is 26.3 Å². The molecule has 2 nitrogen and oxygen atoms in total. The summed E-state index contributed by atoms with van der Waals surface area (Å²) >= 11 is 0. The predicted octanol–water partition coefficient (Wildman–Crippen LogP) is -0.802. The first-order valence-corrected chi connectivity index (χ1v) is 6.77. The van der Waals surface area contributed by atoms with Crippen LogP contribution < -0.4 is 24.0 Å². The Morgan fingerprint density at radius 3 is 2.23 bits per heavy atom. The number of halogens is 1. The molecule has 0 amide bonds. The van der Waals surface area contributed by atoms with E-state index in [2.05, 4.69) is 18.6 Å². The highest BCUT2D eigenvalue weighted by atomic mass is 127. The second-order valence-electron chi connectivity index (χ2n) is 2.89. The van der Waals surface area contributed by atoms with Gasteiger partial charge >= 0.3 is 5.97 Å². The molecule has 0 unspecified atom stereocenters. The van der Waals surface area contributed by atoms with Crippen molar-refractivity contribution in [3.63, 3.8) is 0 Å². The summed E-state index contributed by atoms with van der Waals surface area (Å²) in [7, 11) is 1.32. The first-order valence-electron chi connectivity index (χ1n) is 4.64. The van der Waals surface area contributed by atoms with Gasteiger partial charge in [0.2, 0.25) is 0 Å². The van der Waals surface area contributed by atoms with E-state index in [1.54, 1.807) is 0 Å². The number of rotatable bonds is 6. The van der Waals surface area contributed by atoms with Crippen LogP contribution in [0.25, 0.3) is 0 Å². The lowest BCUT2D eigenvalue weighted by molar-refractivity contribution is -0.140. The van der Waals surface area contributed by atoms with Crippen LogP contribution in [0.1, 0.15) is 26.7 Å². The zero-order valence-electron chi connectivity index (χ0n) is 8.73. The fourth-order valence-corrected chi connectivity index (χ4v) is 3.07. The fourth-order valence-electron chi connectivity index (χ4n) is 1.19. The van der Waals surface area contributed by atoms with E-state index in [1.165, 1.54) is 25.6 Å². The molecule has 4 heteroatoms. The summed E-state index contributed by atoms with van der Waals surface area (Å²) in [4.78, 5) is 10.8. The SMILES string of the molecule is CC[PH+](CC)CCCC(=O)OC.[I-]. The van der Waals surface area contributed by atoms with Crippen molar-refractivity contribution in [2.75, 3.05) is 25.6 Å². The molecule has 0 aromatic heterocycles. The van der Waals surface area contributed by atoms with Gasteiger partial charge in [-0.1, -0.05) is 0 Å². The molecule has 0 bridgehead atoms. The van der Waals surface area contributed by atoms with Crippen LogP contribution in [0.3, 0.4) is 0 Å². The van der Waals surface area contributed by atoms with Gasteiger partial charge in [-0.15, -0.1) is 0 Å². The zero-order valence-corrected chi connectivity index (χ0v) is 11.9. The van der Waals surface area contributed by atoms with Gasteiger partial charge in [0.25, 0.3) is 0 Å². The molecule has 0 N–H and O–H groups in total. The van der Waals surface area contributed by atoms with Gasteiger partial charge in [-0.25, -0.2) is 0 Å². The molecule has 0 aromatic carbocycles. The molecule has 0 saturated carbocycles. The third-order valence-electron chi connectivity index (χ3n) is 2.14. The number of esters is 1. The number of hydrogen-bond acceptors (Lipinski definition) is 2. The van der Waals surface area contributed by atoms with Gasteiger partial charge in [0, 0.05) is 14.3 Å². The highest BCUT2D eigenvalue weighted by Crippen LogP contribution is 2.34. The maximum Gasteiger partial charge on any atom is 0.305 e. The van der Waals surface area contributed by atoms with Crippen LogP contribution in [0.15, 0.2) is 0 Å². The summed E-state index contributed by atoms with van der Waals surface area (Å²) in [5, 5.41) is 0. The molecular weight excluding hydrogens is 298 g/mol. The molecule has 0 fully saturated rings. The predicted molar refractivity (Wildman–Crippen MR) is 55.5 cm³/mol. The molecule has 0 aromatic rings. The van der Waals surface area contributed by atoms with Crippen molar-refractivity contribution in [3.8, 4) is 0 Å². The Morgan fingerprint density at radius 1 is 1.31 bits per heavy atom.